The van der Waals surface area contributed by atoms with Crippen LogP contribution in [-0.4, -0.2) is 25.7 Å². The molecule has 1 aliphatic rings. The largest absolute Gasteiger partial charge is 0.494 e. The molecule has 0 aromatic heterocycles. The van der Waals surface area contributed by atoms with Gasteiger partial charge in [0.25, 0.3) is 5.91 Å². The van der Waals surface area contributed by atoms with E-state index in [9.17, 15) is 4.79 Å². The van der Waals surface area contributed by atoms with E-state index in [0.717, 1.165) is 23.4 Å². The molecule has 0 bridgehead atoms. The molecule has 2 aromatic carbocycles. The third-order valence-corrected chi connectivity index (χ3v) is 3.88. The Morgan fingerprint density at radius 3 is 2.96 bits per heavy atom. The minimum atomic E-state index is -0.0599. The van der Waals surface area contributed by atoms with Crippen molar-refractivity contribution in [2.45, 2.75) is 13.3 Å². The molecule has 0 fully saturated rings. The van der Waals surface area contributed by atoms with Gasteiger partial charge in [-0.05, 0) is 49.2 Å². The van der Waals surface area contributed by atoms with Gasteiger partial charge in [-0.25, -0.2) is 0 Å². The lowest BCUT2D eigenvalue weighted by molar-refractivity contribution is -0.121. The molecule has 1 amide bonds. The van der Waals surface area contributed by atoms with Crippen LogP contribution in [0.4, 0.5) is 5.69 Å². The first-order valence-corrected chi connectivity index (χ1v) is 7.93. The first kappa shape index (κ1) is 15.7. The molecule has 0 atom stereocenters. The fourth-order valence-corrected chi connectivity index (χ4v) is 2.70. The van der Waals surface area contributed by atoms with Crippen LogP contribution in [0.15, 0.2) is 42.5 Å². The van der Waals surface area contributed by atoms with Crippen molar-refractivity contribution in [3.63, 3.8) is 0 Å². The molecule has 0 saturated carbocycles. The van der Waals surface area contributed by atoms with Gasteiger partial charge >= 0.3 is 0 Å². The molecule has 3 rings (SSSR count). The molecular formula is C18H18ClNO3. The number of hydrogen-bond donors (Lipinski definition) is 0. The molecule has 2 aromatic rings. The Kier molecular flexibility index (Phi) is 4.72. The molecule has 1 heterocycles. The standard InChI is InChI=1S/C18H18ClNO3/c1-13-4-2-5-15(10-13)22-9-3-8-20-16-11-14(19)6-7-17(16)23-12-18(20)21/h2,4-7,10-11H,3,8-9,12H2,1H3. The summed E-state index contributed by atoms with van der Waals surface area (Å²) in [7, 11) is 0. The second-order valence-corrected chi connectivity index (χ2v) is 5.90. The number of carbonyl (C=O) groups is 1. The summed E-state index contributed by atoms with van der Waals surface area (Å²) in [6.07, 6.45) is 0.728. The quantitative estimate of drug-likeness (QED) is 0.781. The summed E-state index contributed by atoms with van der Waals surface area (Å²) in [5.41, 5.74) is 1.89. The van der Waals surface area contributed by atoms with Gasteiger partial charge in [0.05, 0.1) is 12.3 Å². The molecule has 4 nitrogen and oxygen atoms in total. The molecule has 120 valence electrons. The highest BCUT2D eigenvalue weighted by molar-refractivity contribution is 6.31. The Balaban J connectivity index is 1.60. The zero-order chi connectivity index (χ0) is 16.2. The van der Waals surface area contributed by atoms with E-state index in [2.05, 4.69) is 0 Å². The minimum absolute atomic E-state index is 0.0599. The number of nitrogens with zero attached hydrogens (tertiary/aromatic N) is 1. The highest BCUT2D eigenvalue weighted by atomic mass is 35.5. The lowest BCUT2D eigenvalue weighted by Crippen LogP contribution is -2.39. The Bertz CT molecular complexity index is 717. The minimum Gasteiger partial charge on any atom is -0.494 e. The Morgan fingerprint density at radius 1 is 1.26 bits per heavy atom. The van der Waals surface area contributed by atoms with Gasteiger partial charge in [-0.1, -0.05) is 23.7 Å². The van der Waals surface area contributed by atoms with Crippen LogP contribution in [0.25, 0.3) is 0 Å². The second kappa shape index (κ2) is 6.92. The summed E-state index contributed by atoms with van der Waals surface area (Å²) >= 11 is 6.03. The molecule has 0 spiro atoms. The number of halogens is 1. The molecule has 0 radical (unpaired) electrons. The number of carbonyl (C=O) groups excluding carboxylic acids is 1. The summed E-state index contributed by atoms with van der Waals surface area (Å²) < 4.78 is 11.2. The van der Waals surface area contributed by atoms with Crippen molar-refractivity contribution in [3.8, 4) is 11.5 Å². The van der Waals surface area contributed by atoms with Crippen LogP contribution in [0.1, 0.15) is 12.0 Å². The Labute approximate surface area is 140 Å². The van der Waals surface area contributed by atoms with Crippen molar-refractivity contribution in [2.24, 2.45) is 0 Å². The zero-order valence-electron chi connectivity index (χ0n) is 12.9. The highest BCUT2D eigenvalue weighted by Crippen LogP contribution is 2.34. The molecule has 0 aliphatic carbocycles. The number of amides is 1. The van der Waals surface area contributed by atoms with Crippen LogP contribution >= 0.6 is 11.6 Å². The number of anilines is 1. The lowest BCUT2D eigenvalue weighted by atomic mass is 10.2. The number of ether oxygens (including phenoxy) is 2. The highest BCUT2D eigenvalue weighted by Gasteiger charge is 2.25. The van der Waals surface area contributed by atoms with Gasteiger partial charge in [0.15, 0.2) is 6.61 Å². The van der Waals surface area contributed by atoms with E-state index in [-0.39, 0.29) is 12.5 Å². The predicted molar refractivity (Wildman–Crippen MR) is 90.6 cm³/mol. The van der Waals surface area contributed by atoms with Crippen molar-refractivity contribution in [1.29, 1.82) is 0 Å². The van der Waals surface area contributed by atoms with Crippen LogP contribution < -0.4 is 14.4 Å². The van der Waals surface area contributed by atoms with Gasteiger partial charge in [-0.2, -0.15) is 0 Å². The molecule has 0 saturated heterocycles. The number of rotatable bonds is 5. The second-order valence-electron chi connectivity index (χ2n) is 5.46. The summed E-state index contributed by atoms with van der Waals surface area (Å²) in [4.78, 5) is 13.8. The van der Waals surface area contributed by atoms with E-state index in [1.807, 2.05) is 31.2 Å². The number of hydrogen-bond acceptors (Lipinski definition) is 3. The normalized spacial score (nSPS) is 13.5. The molecule has 23 heavy (non-hydrogen) atoms. The SMILES string of the molecule is Cc1cccc(OCCCN2C(=O)COc3ccc(Cl)cc32)c1. The number of aryl methyl sites for hydroxylation is 1. The van der Waals surface area contributed by atoms with E-state index in [1.54, 1.807) is 23.1 Å². The van der Waals surface area contributed by atoms with Gasteiger partial charge in [0.2, 0.25) is 0 Å². The van der Waals surface area contributed by atoms with Crippen molar-refractivity contribution in [3.05, 3.63) is 53.1 Å². The average molecular weight is 332 g/mol. The van der Waals surface area contributed by atoms with E-state index >= 15 is 0 Å². The van der Waals surface area contributed by atoms with Crippen molar-refractivity contribution >= 4 is 23.2 Å². The summed E-state index contributed by atoms with van der Waals surface area (Å²) in [5.74, 6) is 1.48. The number of benzene rings is 2. The van der Waals surface area contributed by atoms with E-state index < -0.39 is 0 Å². The van der Waals surface area contributed by atoms with Crippen LogP contribution in [0.3, 0.4) is 0 Å². The maximum absolute atomic E-state index is 12.1. The third-order valence-electron chi connectivity index (χ3n) is 3.65. The smallest absolute Gasteiger partial charge is 0.265 e. The lowest BCUT2D eigenvalue weighted by Gasteiger charge is -2.29. The maximum atomic E-state index is 12.1. The summed E-state index contributed by atoms with van der Waals surface area (Å²) in [6, 6.07) is 13.2. The first-order chi connectivity index (χ1) is 11.1. The third kappa shape index (κ3) is 3.77. The summed E-state index contributed by atoms with van der Waals surface area (Å²) in [5, 5.41) is 0.586. The summed E-state index contributed by atoms with van der Waals surface area (Å²) in [6.45, 7) is 3.21. The van der Waals surface area contributed by atoms with E-state index in [1.165, 1.54) is 0 Å². The predicted octanol–water partition coefficient (Wildman–Crippen LogP) is 3.84. The Morgan fingerprint density at radius 2 is 2.13 bits per heavy atom. The van der Waals surface area contributed by atoms with Crippen LogP contribution in [0, 0.1) is 6.92 Å². The van der Waals surface area contributed by atoms with Gasteiger partial charge in [-0.3, -0.25) is 4.79 Å². The molecule has 0 N–H and O–H groups in total. The topological polar surface area (TPSA) is 38.8 Å². The van der Waals surface area contributed by atoms with Gasteiger partial charge in [0, 0.05) is 11.6 Å². The van der Waals surface area contributed by atoms with Gasteiger partial charge in [-0.15, -0.1) is 0 Å². The van der Waals surface area contributed by atoms with Gasteiger partial charge in [0.1, 0.15) is 11.5 Å². The van der Waals surface area contributed by atoms with Crippen LogP contribution in [0.5, 0.6) is 11.5 Å². The number of fused-ring (bicyclic) bond motifs is 1. The van der Waals surface area contributed by atoms with E-state index in [4.69, 9.17) is 21.1 Å². The zero-order valence-corrected chi connectivity index (χ0v) is 13.7. The van der Waals surface area contributed by atoms with Crippen molar-refractivity contribution in [1.82, 2.24) is 0 Å². The first-order valence-electron chi connectivity index (χ1n) is 7.56. The van der Waals surface area contributed by atoms with Crippen molar-refractivity contribution < 1.29 is 14.3 Å². The average Bonchev–Trinajstić information content (AvgIpc) is 2.53. The molecular weight excluding hydrogens is 314 g/mol. The van der Waals surface area contributed by atoms with Crippen LogP contribution in [0.2, 0.25) is 5.02 Å². The van der Waals surface area contributed by atoms with Crippen molar-refractivity contribution in [2.75, 3.05) is 24.7 Å². The maximum Gasteiger partial charge on any atom is 0.265 e. The molecule has 0 unspecified atom stereocenters. The van der Waals surface area contributed by atoms with Gasteiger partial charge < -0.3 is 14.4 Å². The fourth-order valence-electron chi connectivity index (χ4n) is 2.54. The van der Waals surface area contributed by atoms with Crippen LogP contribution in [-0.2, 0) is 4.79 Å². The monoisotopic (exact) mass is 331 g/mol. The fraction of sp³-hybridized carbons (Fsp3) is 0.278. The van der Waals surface area contributed by atoms with E-state index in [0.29, 0.717) is 23.9 Å². The molecule has 5 heteroatoms. The Hall–Kier alpha value is -2.20. The molecule has 1 aliphatic heterocycles.